The Morgan fingerprint density at radius 2 is 2.16 bits per heavy atom. The van der Waals surface area contributed by atoms with Crippen molar-refractivity contribution in [1.82, 2.24) is 4.57 Å². The Labute approximate surface area is 154 Å². The Hall–Kier alpha value is -2.52. The number of hydrogen-bond donors (Lipinski definition) is 1. The number of nitrogens with zero attached hydrogens (tertiary/aromatic N) is 2. The molecule has 6 heteroatoms. The number of rotatable bonds is 3. The van der Waals surface area contributed by atoms with Crippen molar-refractivity contribution in [3.8, 4) is 11.8 Å². The largest absolute Gasteiger partial charge is 0.440 e. The molecule has 1 aromatic carbocycles. The number of fused-ring (bicyclic) bond motifs is 1. The first kappa shape index (κ1) is 17.3. The quantitative estimate of drug-likeness (QED) is 0.857. The van der Waals surface area contributed by atoms with E-state index >= 15 is 0 Å². The van der Waals surface area contributed by atoms with Gasteiger partial charge >= 0.3 is 0 Å². The lowest BCUT2D eigenvalue weighted by atomic mass is 9.84. The molecule has 0 saturated carbocycles. The van der Waals surface area contributed by atoms with Gasteiger partial charge in [-0.05, 0) is 24.1 Å². The third-order valence-corrected chi connectivity index (χ3v) is 4.89. The van der Waals surface area contributed by atoms with E-state index in [1.165, 1.54) is 0 Å². The van der Waals surface area contributed by atoms with E-state index < -0.39 is 5.92 Å². The minimum Gasteiger partial charge on any atom is -0.440 e. The third kappa shape index (κ3) is 2.96. The zero-order chi connectivity index (χ0) is 18.1. The van der Waals surface area contributed by atoms with Crippen LogP contribution in [0.5, 0.6) is 5.75 Å². The zero-order valence-corrected chi connectivity index (χ0v) is 15.6. The summed E-state index contributed by atoms with van der Waals surface area (Å²) in [5, 5.41) is 9.60. The Kier molecular flexibility index (Phi) is 4.69. The number of nitrogens with two attached hydrogens (primary N) is 1. The van der Waals surface area contributed by atoms with Gasteiger partial charge in [0.25, 0.3) is 5.56 Å². The fraction of sp³-hybridized carbons (Fsp3) is 0.263. The van der Waals surface area contributed by atoms with Crippen molar-refractivity contribution in [1.29, 1.82) is 5.26 Å². The van der Waals surface area contributed by atoms with Gasteiger partial charge in [0.2, 0.25) is 5.88 Å². The van der Waals surface area contributed by atoms with Crippen LogP contribution in [0.4, 0.5) is 0 Å². The highest BCUT2D eigenvalue weighted by atomic mass is 79.9. The molecule has 0 saturated heterocycles. The average molecular weight is 400 g/mol. The molecule has 0 bridgehead atoms. The number of aromatic nitrogens is 1. The van der Waals surface area contributed by atoms with Gasteiger partial charge in [-0.1, -0.05) is 41.4 Å². The summed E-state index contributed by atoms with van der Waals surface area (Å²) in [5.74, 6) is -0.0515. The molecule has 1 aliphatic rings. The summed E-state index contributed by atoms with van der Waals surface area (Å²) in [7, 11) is 1.75. The van der Waals surface area contributed by atoms with Crippen molar-refractivity contribution in [2.24, 2.45) is 12.8 Å². The van der Waals surface area contributed by atoms with E-state index in [9.17, 15) is 10.1 Å². The maximum absolute atomic E-state index is 13.0. The molecule has 0 radical (unpaired) electrons. The van der Waals surface area contributed by atoms with Crippen molar-refractivity contribution in [3.63, 3.8) is 0 Å². The number of hydrogen-bond acceptors (Lipinski definition) is 4. The highest BCUT2D eigenvalue weighted by Crippen LogP contribution is 2.40. The lowest BCUT2D eigenvalue weighted by molar-refractivity contribution is 0.389. The topological polar surface area (TPSA) is 81.0 Å². The van der Waals surface area contributed by atoms with Gasteiger partial charge in [-0.25, -0.2) is 0 Å². The van der Waals surface area contributed by atoms with Gasteiger partial charge in [0.15, 0.2) is 0 Å². The Balaban J connectivity index is 2.31. The van der Waals surface area contributed by atoms with Crippen LogP contribution in [-0.4, -0.2) is 4.57 Å². The summed E-state index contributed by atoms with van der Waals surface area (Å²) in [6, 6.07) is 11.5. The molecule has 2 heterocycles. The summed E-state index contributed by atoms with van der Waals surface area (Å²) in [5.41, 5.74) is 8.24. The molecule has 0 aliphatic carbocycles. The zero-order valence-electron chi connectivity index (χ0n) is 14.0. The Bertz CT molecular complexity index is 970. The number of benzene rings is 1. The molecule has 1 unspecified atom stereocenters. The number of ether oxygens (including phenoxy) is 1. The van der Waals surface area contributed by atoms with E-state index in [1.54, 1.807) is 11.6 Å². The maximum Gasteiger partial charge on any atom is 0.258 e. The van der Waals surface area contributed by atoms with Crippen molar-refractivity contribution in [2.45, 2.75) is 25.7 Å². The van der Waals surface area contributed by atoms with Gasteiger partial charge in [0.05, 0.1) is 11.5 Å². The number of nitriles is 1. The minimum absolute atomic E-state index is 0.0516. The van der Waals surface area contributed by atoms with Crippen LogP contribution in [0.15, 0.2) is 51.1 Å². The van der Waals surface area contributed by atoms with Crippen molar-refractivity contribution >= 4 is 15.9 Å². The maximum atomic E-state index is 13.0. The molecule has 1 aromatic heterocycles. The second-order valence-electron chi connectivity index (χ2n) is 6.01. The molecule has 5 nitrogen and oxygen atoms in total. The summed E-state index contributed by atoms with van der Waals surface area (Å²) in [4.78, 5) is 13.0. The number of pyridine rings is 1. The van der Waals surface area contributed by atoms with Crippen LogP contribution in [0, 0.1) is 11.3 Å². The molecule has 1 aliphatic heterocycles. The van der Waals surface area contributed by atoms with E-state index in [0.717, 1.165) is 28.6 Å². The van der Waals surface area contributed by atoms with Crippen LogP contribution in [0.2, 0.25) is 0 Å². The molecule has 0 spiro atoms. The summed E-state index contributed by atoms with van der Waals surface area (Å²) in [6.45, 7) is 2.05. The van der Waals surface area contributed by atoms with Crippen LogP contribution >= 0.6 is 15.9 Å². The molecular weight excluding hydrogens is 382 g/mol. The predicted octanol–water partition coefficient (Wildman–Crippen LogP) is 3.32. The average Bonchev–Trinajstić information content (AvgIpc) is 2.58. The fourth-order valence-electron chi connectivity index (χ4n) is 3.19. The first-order valence-corrected chi connectivity index (χ1v) is 8.83. The first-order chi connectivity index (χ1) is 12.0. The van der Waals surface area contributed by atoms with E-state index in [4.69, 9.17) is 10.5 Å². The summed E-state index contributed by atoms with van der Waals surface area (Å²) in [6.07, 6.45) is 1.68. The van der Waals surface area contributed by atoms with E-state index in [0.29, 0.717) is 11.3 Å². The molecule has 0 fully saturated rings. The molecule has 128 valence electrons. The Morgan fingerprint density at radius 1 is 1.40 bits per heavy atom. The number of allylic oxidation sites excluding steroid dienone is 1. The normalized spacial score (nSPS) is 16.2. The summed E-state index contributed by atoms with van der Waals surface area (Å²) >= 11 is 3.45. The molecule has 2 aromatic rings. The van der Waals surface area contributed by atoms with Crippen LogP contribution in [-0.2, 0) is 13.5 Å². The molecule has 2 N–H and O–H groups in total. The van der Waals surface area contributed by atoms with E-state index in [1.807, 2.05) is 30.3 Å². The van der Waals surface area contributed by atoms with E-state index in [-0.39, 0.29) is 17.0 Å². The predicted molar refractivity (Wildman–Crippen MR) is 99.1 cm³/mol. The second kappa shape index (κ2) is 6.77. The first-order valence-electron chi connectivity index (χ1n) is 8.03. The second-order valence-corrected chi connectivity index (χ2v) is 6.92. The molecular formula is C19H18BrN3O2. The molecule has 3 rings (SSSR count). The SMILES string of the molecule is CCCc1cc2c(c(=O)n1C)C(c1cccc(Br)c1)C(C#N)=C(N)O2. The van der Waals surface area contributed by atoms with Crippen LogP contribution in [0.25, 0.3) is 0 Å². The monoisotopic (exact) mass is 399 g/mol. The van der Waals surface area contributed by atoms with E-state index in [2.05, 4.69) is 28.9 Å². The van der Waals surface area contributed by atoms with Crippen molar-refractivity contribution in [2.75, 3.05) is 0 Å². The van der Waals surface area contributed by atoms with Crippen molar-refractivity contribution in [3.05, 3.63) is 73.4 Å². The van der Waals surface area contributed by atoms with Crippen LogP contribution in [0.3, 0.4) is 0 Å². The molecule has 1 atom stereocenters. The number of aryl methyl sites for hydroxylation is 1. The molecule has 0 amide bonds. The smallest absolute Gasteiger partial charge is 0.258 e. The lowest BCUT2D eigenvalue weighted by Gasteiger charge is -2.27. The highest BCUT2D eigenvalue weighted by Gasteiger charge is 2.34. The van der Waals surface area contributed by atoms with Crippen LogP contribution < -0.4 is 16.0 Å². The van der Waals surface area contributed by atoms with Gasteiger partial charge < -0.3 is 15.0 Å². The number of halogens is 1. The Morgan fingerprint density at radius 3 is 2.80 bits per heavy atom. The fourth-order valence-corrected chi connectivity index (χ4v) is 3.60. The van der Waals surface area contributed by atoms with Gasteiger partial charge in [0.1, 0.15) is 17.4 Å². The van der Waals surface area contributed by atoms with Crippen LogP contribution in [0.1, 0.15) is 36.1 Å². The third-order valence-electron chi connectivity index (χ3n) is 4.40. The van der Waals surface area contributed by atoms with Crippen molar-refractivity contribution < 1.29 is 4.74 Å². The van der Waals surface area contributed by atoms with Gasteiger partial charge in [-0.15, -0.1) is 0 Å². The summed E-state index contributed by atoms with van der Waals surface area (Å²) < 4.78 is 8.15. The minimum atomic E-state index is -0.541. The van der Waals surface area contributed by atoms with Gasteiger partial charge in [0, 0.05) is 23.3 Å². The lowest BCUT2D eigenvalue weighted by Crippen LogP contribution is -2.32. The van der Waals surface area contributed by atoms with Gasteiger partial charge in [-0.2, -0.15) is 5.26 Å². The van der Waals surface area contributed by atoms with Gasteiger partial charge in [-0.3, -0.25) is 4.79 Å². The standard InChI is InChI=1S/C19H18BrN3O2/c1-3-5-13-9-15-17(19(24)23(13)2)16(14(10-21)18(22)25-15)11-6-4-7-12(20)8-11/h4,6-9,16H,3,5,22H2,1-2H3. The highest BCUT2D eigenvalue weighted by molar-refractivity contribution is 9.10. The molecule has 25 heavy (non-hydrogen) atoms.